The highest BCUT2D eigenvalue weighted by molar-refractivity contribution is 7.99. The lowest BCUT2D eigenvalue weighted by Crippen LogP contribution is -2.50. The quantitative estimate of drug-likeness (QED) is 0.903. The third-order valence-corrected chi connectivity index (χ3v) is 6.73. The lowest BCUT2D eigenvalue weighted by Gasteiger charge is -2.44. The van der Waals surface area contributed by atoms with Crippen molar-refractivity contribution < 1.29 is 4.74 Å². The molecule has 2 fully saturated rings. The topological polar surface area (TPSA) is 21.3 Å². The highest BCUT2D eigenvalue weighted by Crippen LogP contribution is 2.37. The van der Waals surface area contributed by atoms with Crippen LogP contribution in [0, 0.1) is 6.92 Å². The van der Waals surface area contributed by atoms with Crippen LogP contribution in [0.3, 0.4) is 0 Å². The van der Waals surface area contributed by atoms with Crippen LogP contribution < -0.4 is 5.32 Å². The number of thioether (sulfide) groups is 1. The molecule has 0 saturated carbocycles. The second-order valence-corrected chi connectivity index (χ2v) is 9.21. The number of thiophene rings is 1. The number of aryl methyl sites for hydroxylation is 1. The van der Waals surface area contributed by atoms with Gasteiger partial charge >= 0.3 is 0 Å². The summed E-state index contributed by atoms with van der Waals surface area (Å²) in [5.41, 5.74) is 0.195. The zero-order valence-corrected chi connectivity index (χ0v) is 14.8. The Morgan fingerprint density at radius 2 is 2.19 bits per heavy atom. The molecule has 1 N–H and O–H groups in total. The molecule has 4 heteroatoms. The first-order chi connectivity index (χ1) is 10.2. The Bertz CT molecular complexity index is 448. The molecule has 1 aromatic heterocycles. The van der Waals surface area contributed by atoms with E-state index in [9.17, 15) is 0 Å². The van der Waals surface area contributed by atoms with Crippen molar-refractivity contribution in [2.24, 2.45) is 0 Å². The maximum absolute atomic E-state index is 6.19. The Morgan fingerprint density at radius 1 is 1.38 bits per heavy atom. The SMILES string of the molecule is Cc1ccc(CC(C)NC2CCOC3(CCSCC3)C2)s1. The molecular formula is C17H27NOS2. The van der Waals surface area contributed by atoms with Gasteiger partial charge in [0.15, 0.2) is 0 Å². The molecule has 2 saturated heterocycles. The first-order valence-electron chi connectivity index (χ1n) is 8.18. The summed E-state index contributed by atoms with van der Waals surface area (Å²) in [6, 6.07) is 5.71. The molecule has 2 aliphatic rings. The smallest absolute Gasteiger partial charge is 0.0713 e. The van der Waals surface area contributed by atoms with Gasteiger partial charge in [0, 0.05) is 28.4 Å². The van der Waals surface area contributed by atoms with E-state index >= 15 is 0 Å². The minimum Gasteiger partial charge on any atom is -0.375 e. The van der Waals surface area contributed by atoms with Gasteiger partial charge in [0.25, 0.3) is 0 Å². The summed E-state index contributed by atoms with van der Waals surface area (Å²) in [5.74, 6) is 2.55. The molecule has 0 amide bonds. The van der Waals surface area contributed by atoms with Gasteiger partial charge in [-0.1, -0.05) is 0 Å². The molecule has 2 unspecified atom stereocenters. The summed E-state index contributed by atoms with van der Waals surface area (Å²) < 4.78 is 6.19. The number of hydrogen-bond acceptors (Lipinski definition) is 4. The fourth-order valence-corrected chi connectivity index (χ4v) is 5.88. The third-order valence-electron chi connectivity index (χ3n) is 4.72. The third kappa shape index (κ3) is 4.25. The van der Waals surface area contributed by atoms with Crippen LogP contribution in [0.25, 0.3) is 0 Å². The number of rotatable bonds is 4. The predicted octanol–water partition coefficient (Wildman–Crippen LogP) is 4.02. The van der Waals surface area contributed by atoms with Gasteiger partial charge in [-0.05, 0) is 69.6 Å². The van der Waals surface area contributed by atoms with E-state index in [2.05, 4.69) is 43.1 Å². The van der Waals surface area contributed by atoms with Crippen LogP contribution in [0.2, 0.25) is 0 Å². The summed E-state index contributed by atoms with van der Waals surface area (Å²) in [5, 5.41) is 3.87. The lowest BCUT2D eigenvalue weighted by molar-refractivity contribution is -0.0940. The minimum atomic E-state index is 0.195. The van der Waals surface area contributed by atoms with Crippen LogP contribution in [0.5, 0.6) is 0 Å². The highest BCUT2D eigenvalue weighted by Gasteiger charge is 2.38. The van der Waals surface area contributed by atoms with Crippen molar-refractivity contribution in [3.8, 4) is 0 Å². The van der Waals surface area contributed by atoms with E-state index in [0.29, 0.717) is 12.1 Å². The van der Waals surface area contributed by atoms with E-state index in [-0.39, 0.29) is 5.60 Å². The molecule has 1 spiro atoms. The van der Waals surface area contributed by atoms with Crippen molar-refractivity contribution in [1.29, 1.82) is 0 Å². The molecule has 21 heavy (non-hydrogen) atoms. The van der Waals surface area contributed by atoms with Crippen molar-refractivity contribution in [3.63, 3.8) is 0 Å². The molecule has 3 rings (SSSR count). The normalized spacial score (nSPS) is 26.9. The maximum Gasteiger partial charge on any atom is 0.0713 e. The number of hydrogen-bond donors (Lipinski definition) is 1. The van der Waals surface area contributed by atoms with Crippen molar-refractivity contribution in [3.05, 3.63) is 21.9 Å². The van der Waals surface area contributed by atoms with E-state index < -0.39 is 0 Å². The molecule has 0 radical (unpaired) electrons. The molecule has 2 nitrogen and oxygen atoms in total. The maximum atomic E-state index is 6.19. The van der Waals surface area contributed by atoms with E-state index in [1.54, 1.807) is 0 Å². The Balaban J connectivity index is 1.52. The van der Waals surface area contributed by atoms with Gasteiger partial charge in [-0.2, -0.15) is 11.8 Å². The predicted molar refractivity (Wildman–Crippen MR) is 93.6 cm³/mol. The average molecular weight is 326 g/mol. The molecule has 0 aromatic carbocycles. The van der Waals surface area contributed by atoms with Crippen LogP contribution in [0.1, 0.15) is 42.4 Å². The van der Waals surface area contributed by atoms with Crippen LogP contribution in [-0.4, -0.2) is 35.8 Å². The zero-order chi connectivity index (χ0) is 14.7. The average Bonchev–Trinajstić information content (AvgIpc) is 2.85. The van der Waals surface area contributed by atoms with Gasteiger partial charge in [0.2, 0.25) is 0 Å². The zero-order valence-electron chi connectivity index (χ0n) is 13.2. The fourth-order valence-electron chi connectivity index (χ4n) is 3.62. The number of ether oxygens (including phenoxy) is 1. The van der Waals surface area contributed by atoms with E-state index in [4.69, 9.17) is 4.74 Å². The van der Waals surface area contributed by atoms with Crippen molar-refractivity contribution in [2.45, 2.75) is 63.6 Å². The Kier molecular flexibility index (Phi) is 5.31. The summed E-state index contributed by atoms with van der Waals surface area (Å²) in [7, 11) is 0. The molecule has 3 heterocycles. The standard InChI is InChI=1S/C17H27NOS2/c1-13(11-16-4-3-14(2)21-16)18-15-5-8-19-17(12-15)6-9-20-10-7-17/h3-4,13,15,18H,5-12H2,1-2H3. The van der Waals surface area contributed by atoms with Gasteiger partial charge in [-0.3, -0.25) is 0 Å². The van der Waals surface area contributed by atoms with Crippen LogP contribution >= 0.6 is 23.1 Å². The molecule has 2 atom stereocenters. The largest absolute Gasteiger partial charge is 0.375 e. The first-order valence-corrected chi connectivity index (χ1v) is 10.2. The Labute approximate surface area is 137 Å². The summed E-state index contributed by atoms with van der Waals surface area (Å²) in [6.07, 6.45) is 6.02. The van der Waals surface area contributed by atoms with Gasteiger partial charge in [-0.15, -0.1) is 11.3 Å². The molecule has 0 aliphatic carbocycles. The van der Waals surface area contributed by atoms with Gasteiger partial charge in [0.1, 0.15) is 0 Å². The second-order valence-electron chi connectivity index (χ2n) is 6.62. The first kappa shape index (κ1) is 15.9. The molecule has 118 valence electrons. The van der Waals surface area contributed by atoms with Gasteiger partial charge in [0.05, 0.1) is 5.60 Å². The van der Waals surface area contributed by atoms with Crippen molar-refractivity contribution >= 4 is 23.1 Å². The highest BCUT2D eigenvalue weighted by atomic mass is 32.2. The van der Waals surface area contributed by atoms with E-state index in [1.807, 2.05) is 11.3 Å². The second kappa shape index (κ2) is 7.03. The molecular weight excluding hydrogens is 298 g/mol. The van der Waals surface area contributed by atoms with Crippen molar-refractivity contribution in [2.75, 3.05) is 18.1 Å². The van der Waals surface area contributed by atoms with E-state index in [1.165, 1.54) is 46.9 Å². The Morgan fingerprint density at radius 3 is 2.90 bits per heavy atom. The fraction of sp³-hybridized carbons (Fsp3) is 0.765. The molecule has 2 aliphatic heterocycles. The van der Waals surface area contributed by atoms with Gasteiger partial charge < -0.3 is 10.1 Å². The summed E-state index contributed by atoms with van der Waals surface area (Å²) in [4.78, 5) is 2.92. The Hall–Kier alpha value is -0.0300. The number of nitrogens with one attached hydrogen (secondary N) is 1. The minimum absolute atomic E-state index is 0.195. The molecule has 0 bridgehead atoms. The van der Waals surface area contributed by atoms with Crippen LogP contribution in [0.4, 0.5) is 0 Å². The van der Waals surface area contributed by atoms with Crippen molar-refractivity contribution in [1.82, 2.24) is 5.32 Å². The van der Waals surface area contributed by atoms with E-state index in [0.717, 1.165) is 13.0 Å². The lowest BCUT2D eigenvalue weighted by atomic mass is 9.85. The summed E-state index contributed by atoms with van der Waals surface area (Å²) >= 11 is 4.01. The van der Waals surface area contributed by atoms with Crippen LogP contribution in [-0.2, 0) is 11.2 Å². The van der Waals surface area contributed by atoms with Crippen LogP contribution in [0.15, 0.2) is 12.1 Å². The summed E-state index contributed by atoms with van der Waals surface area (Å²) in [6.45, 7) is 5.46. The van der Waals surface area contributed by atoms with Gasteiger partial charge in [-0.25, -0.2) is 0 Å². The molecule has 1 aromatic rings. The monoisotopic (exact) mass is 325 g/mol.